The topological polar surface area (TPSA) is 44.4 Å². The second kappa shape index (κ2) is 8.06. The van der Waals surface area contributed by atoms with Crippen molar-refractivity contribution in [1.29, 1.82) is 0 Å². The van der Waals surface area contributed by atoms with E-state index in [9.17, 15) is 0 Å². The summed E-state index contributed by atoms with van der Waals surface area (Å²) in [5, 5.41) is 1.92. The zero-order chi connectivity index (χ0) is 21.4. The lowest BCUT2D eigenvalue weighted by Crippen LogP contribution is -2.38. The average Bonchev–Trinajstić information content (AvgIpc) is 3.23. The van der Waals surface area contributed by atoms with E-state index in [2.05, 4.69) is 70.3 Å². The predicted octanol–water partition coefficient (Wildman–Crippen LogP) is 5.20. The van der Waals surface area contributed by atoms with E-state index in [1.165, 1.54) is 16.7 Å². The van der Waals surface area contributed by atoms with E-state index in [0.717, 1.165) is 54.6 Å². The second-order valence-corrected chi connectivity index (χ2v) is 9.02. The minimum atomic E-state index is -0.158. The Kier molecular flexibility index (Phi) is 5.24. The highest BCUT2D eigenvalue weighted by atomic mass is 35.5. The molecule has 0 amide bonds. The highest BCUT2D eigenvalue weighted by molar-refractivity contribution is 6.30. The van der Waals surface area contributed by atoms with Crippen LogP contribution in [-0.4, -0.2) is 47.7 Å². The molecule has 160 valence electrons. The molecule has 0 atom stereocenters. The average molecular weight is 435 g/mol. The van der Waals surface area contributed by atoms with Crippen LogP contribution >= 0.6 is 11.6 Å². The molecule has 0 bridgehead atoms. The lowest BCUT2D eigenvalue weighted by molar-refractivity contribution is 0.122. The largest absolute Gasteiger partial charge is 0.378 e. The van der Waals surface area contributed by atoms with Crippen molar-refractivity contribution < 1.29 is 4.74 Å². The number of fused-ring (bicyclic) bond motifs is 1. The lowest BCUT2D eigenvalue weighted by atomic mass is 9.91. The first-order valence-electron chi connectivity index (χ1n) is 10.7. The third-order valence-electron chi connectivity index (χ3n) is 6.39. The number of aromatic nitrogens is 2. The maximum absolute atomic E-state index is 6.24. The van der Waals surface area contributed by atoms with Gasteiger partial charge in [0, 0.05) is 48.0 Å². The predicted molar refractivity (Wildman–Crippen MR) is 127 cm³/mol. The number of H-pyrrole nitrogens is 1. The number of allylic oxidation sites excluding steroid dienone is 2. The molecule has 6 heteroatoms. The number of aromatic amines is 1. The number of pyridine rings is 1. The van der Waals surface area contributed by atoms with Crippen molar-refractivity contribution in [2.24, 2.45) is 0 Å². The maximum atomic E-state index is 6.24. The Hall–Kier alpha value is -2.76. The van der Waals surface area contributed by atoms with Gasteiger partial charge in [0.2, 0.25) is 0 Å². The lowest BCUT2D eigenvalue weighted by Gasteiger charge is -2.39. The fourth-order valence-electron chi connectivity index (χ4n) is 4.37. The smallest absolute Gasteiger partial charge is 0.138 e. The van der Waals surface area contributed by atoms with E-state index < -0.39 is 0 Å². The Balaban J connectivity index is 1.40. The van der Waals surface area contributed by atoms with Crippen LogP contribution in [0.1, 0.15) is 25.0 Å². The molecule has 1 N–H and O–H groups in total. The van der Waals surface area contributed by atoms with Crippen LogP contribution in [0.3, 0.4) is 0 Å². The van der Waals surface area contributed by atoms with E-state index in [1.807, 2.05) is 24.4 Å². The molecular formula is C25H27ClN4O. The summed E-state index contributed by atoms with van der Waals surface area (Å²) in [6.07, 6.45) is 10.7. The summed E-state index contributed by atoms with van der Waals surface area (Å²) in [7, 11) is 0. The first-order valence-corrected chi connectivity index (χ1v) is 11.1. The van der Waals surface area contributed by atoms with Gasteiger partial charge in [0.25, 0.3) is 0 Å². The SMILES string of the molecule is CC(C)(c1cccc(Cl)c1)N1C=CC(c2c[nH]c3ncc(N4CCOCC4)cc23)=CC1. The molecule has 0 spiro atoms. The number of nitrogens with one attached hydrogen (secondary N) is 1. The Morgan fingerprint density at radius 2 is 2.00 bits per heavy atom. The van der Waals surface area contributed by atoms with Gasteiger partial charge < -0.3 is 19.5 Å². The highest BCUT2D eigenvalue weighted by Crippen LogP contribution is 2.34. The van der Waals surface area contributed by atoms with Crippen molar-refractivity contribution in [3.8, 4) is 0 Å². The number of nitrogens with zero attached hydrogens (tertiary/aromatic N) is 3. The van der Waals surface area contributed by atoms with Crippen LogP contribution in [0.15, 0.2) is 61.1 Å². The van der Waals surface area contributed by atoms with Gasteiger partial charge in [0.1, 0.15) is 5.65 Å². The third-order valence-corrected chi connectivity index (χ3v) is 6.63. The van der Waals surface area contributed by atoms with Crippen LogP contribution < -0.4 is 4.90 Å². The number of anilines is 1. The summed E-state index contributed by atoms with van der Waals surface area (Å²) in [6, 6.07) is 10.4. The minimum Gasteiger partial charge on any atom is -0.378 e. The first-order chi connectivity index (χ1) is 15.0. The molecule has 1 fully saturated rings. The van der Waals surface area contributed by atoms with Crippen LogP contribution in [0, 0.1) is 0 Å². The summed E-state index contributed by atoms with van der Waals surface area (Å²) in [5.41, 5.74) is 5.52. The van der Waals surface area contributed by atoms with Crippen LogP contribution in [0.25, 0.3) is 16.6 Å². The van der Waals surface area contributed by atoms with Crippen LogP contribution in [0.4, 0.5) is 5.69 Å². The third kappa shape index (κ3) is 3.84. The molecule has 5 nitrogen and oxygen atoms in total. The van der Waals surface area contributed by atoms with Crippen molar-refractivity contribution in [2.45, 2.75) is 19.4 Å². The number of rotatable bonds is 4. The number of morpholine rings is 1. The van der Waals surface area contributed by atoms with Gasteiger partial charge in [-0.1, -0.05) is 29.8 Å². The van der Waals surface area contributed by atoms with E-state index >= 15 is 0 Å². The second-order valence-electron chi connectivity index (χ2n) is 8.59. The van der Waals surface area contributed by atoms with E-state index in [0.29, 0.717) is 0 Å². The molecule has 2 aliphatic heterocycles. The number of ether oxygens (including phenoxy) is 1. The van der Waals surface area contributed by atoms with E-state index in [4.69, 9.17) is 16.3 Å². The highest BCUT2D eigenvalue weighted by Gasteiger charge is 2.27. The maximum Gasteiger partial charge on any atom is 0.138 e. The van der Waals surface area contributed by atoms with Crippen LogP contribution in [0.2, 0.25) is 5.02 Å². The van der Waals surface area contributed by atoms with Crippen molar-refractivity contribution in [2.75, 3.05) is 37.7 Å². The molecule has 2 aliphatic rings. The van der Waals surface area contributed by atoms with Gasteiger partial charge in [-0.05, 0) is 49.3 Å². The number of benzene rings is 1. The van der Waals surface area contributed by atoms with Crippen LogP contribution in [0.5, 0.6) is 0 Å². The number of hydrogen-bond donors (Lipinski definition) is 1. The molecule has 3 aromatic rings. The van der Waals surface area contributed by atoms with Crippen LogP contribution in [-0.2, 0) is 10.3 Å². The minimum absolute atomic E-state index is 0.158. The molecule has 0 unspecified atom stereocenters. The molecule has 2 aromatic heterocycles. The Morgan fingerprint density at radius 3 is 2.74 bits per heavy atom. The van der Waals surface area contributed by atoms with Gasteiger partial charge in [-0.3, -0.25) is 0 Å². The van der Waals surface area contributed by atoms with Crippen molar-refractivity contribution in [3.63, 3.8) is 0 Å². The zero-order valence-electron chi connectivity index (χ0n) is 17.9. The molecule has 4 heterocycles. The molecular weight excluding hydrogens is 408 g/mol. The van der Waals surface area contributed by atoms with Gasteiger partial charge in [0.15, 0.2) is 0 Å². The van der Waals surface area contributed by atoms with Crippen molar-refractivity contribution in [3.05, 3.63) is 77.2 Å². The van der Waals surface area contributed by atoms with Crippen molar-refractivity contribution in [1.82, 2.24) is 14.9 Å². The first kappa shape index (κ1) is 20.2. The van der Waals surface area contributed by atoms with Gasteiger partial charge in [-0.2, -0.15) is 0 Å². The summed E-state index contributed by atoms with van der Waals surface area (Å²) in [5.74, 6) is 0. The zero-order valence-corrected chi connectivity index (χ0v) is 18.7. The van der Waals surface area contributed by atoms with Gasteiger partial charge in [0.05, 0.1) is 30.6 Å². The molecule has 5 rings (SSSR count). The fourth-order valence-corrected chi connectivity index (χ4v) is 4.56. The molecule has 31 heavy (non-hydrogen) atoms. The van der Waals surface area contributed by atoms with Gasteiger partial charge in [-0.15, -0.1) is 0 Å². The molecule has 1 aromatic carbocycles. The summed E-state index contributed by atoms with van der Waals surface area (Å²) in [6.45, 7) is 8.63. The van der Waals surface area contributed by atoms with Gasteiger partial charge >= 0.3 is 0 Å². The Morgan fingerprint density at radius 1 is 1.16 bits per heavy atom. The molecule has 0 radical (unpaired) electrons. The number of hydrogen-bond acceptors (Lipinski definition) is 4. The Labute approximate surface area is 188 Å². The standard InChI is InChI=1S/C25H27ClN4O/c1-25(2,19-4-3-5-20(26)14-19)30-8-6-18(7-9-30)23-17-28-24-22(23)15-21(16-27-24)29-10-12-31-13-11-29/h3-8,14-17H,9-13H2,1-2H3,(H,27,28). The summed E-state index contributed by atoms with van der Waals surface area (Å²) in [4.78, 5) is 12.7. The quantitative estimate of drug-likeness (QED) is 0.612. The Bertz CT molecular complexity index is 1160. The normalized spacial score (nSPS) is 17.3. The molecule has 0 aliphatic carbocycles. The monoisotopic (exact) mass is 434 g/mol. The van der Waals surface area contributed by atoms with E-state index in [-0.39, 0.29) is 5.54 Å². The summed E-state index contributed by atoms with van der Waals surface area (Å²) < 4.78 is 5.49. The fraction of sp³-hybridized carbons (Fsp3) is 0.320. The molecule has 1 saturated heterocycles. The molecule has 0 saturated carbocycles. The van der Waals surface area contributed by atoms with E-state index in [1.54, 1.807) is 0 Å². The summed E-state index contributed by atoms with van der Waals surface area (Å²) >= 11 is 6.24. The van der Waals surface area contributed by atoms with Crippen molar-refractivity contribution >= 4 is 33.9 Å². The number of halogens is 1. The van der Waals surface area contributed by atoms with Gasteiger partial charge in [-0.25, -0.2) is 4.98 Å².